The molecule has 2 N–H and O–H groups in total. The van der Waals surface area contributed by atoms with Gasteiger partial charge in [0.15, 0.2) is 0 Å². The second-order valence-electron chi connectivity index (χ2n) is 6.80. The number of hydrogen-bond acceptors (Lipinski definition) is 4. The Morgan fingerprint density at radius 2 is 1.63 bits per heavy atom. The lowest BCUT2D eigenvalue weighted by molar-refractivity contribution is 0.396. The quantitative estimate of drug-likeness (QED) is 0.674. The highest BCUT2D eigenvalue weighted by Gasteiger charge is 2.36. The summed E-state index contributed by atoms with van der Waals surface area (Å²) >= 11 is 0. The van der Waals surface area contributed by atoms with Gasteiger partial charge in [0.05, 0.1) is 22.0 Å². The van der Waals surface area contributed by atoms with E-state index >= 15 is 0 Å². The standard InChI is InChI=1S/C19H19N3O4S/c1-12-4-6-13(7-5-12)17-3-2-10-22(17)27(25,26)14-8-9-15-16(11-14)21-19(24)18(23)20-15/h4-9,11,17H,2-3,10H2,1H3,(H,20,23)(H,21,24). The fraction of sp³-hybridized carbons (Fsp3) is 0.263. The van der Waals surface area contributed by atoms with Gasteiger partial charge in [-0.1, -0.05) is 29.8 Å². The normalized spacial score (nSPS) is 18.2. The van der Waals surface area contributed by atoms with Gasteiger partial charge in [-0.25, -0.2) is 8.42 Å². The van der Waals surface area contributed by atoms with Crippen LogP contribution in [0.3, 0.4) is 0 Å². The maximum absolute atomic E-state index is 13.2. The van der Waals surface area contributed by atoms with Crippen molar-refractivity contribution in [2.45, 2.75) is 30.7 Å². The molecule has 0 bridgehead atoms. The summed E-state index contributed by atoms with van der Waals surface area (Å²) in [4.78, 5) is 27.9. The maximum Gasteiger partial charge on any atom is 0.314 e. The molecule has 1 aromatic heterocycles. The average Bonchev–Trinajstić information content (AvgIpc) is 3.13. The van der Waals surface area contributed by atoms with Crippen LogP contribution in [0.5, 0.6) is 0 Å². The first-order chi connectivity index (χ1) is 12.9. The Morgan fingerprint density at radius 3 is 2.33 bits per heavy atom. The number of nitrogens with one attached hydrogen (secondary N) is 2. The van der Waals surface area contributed by atoms with E-state index in [1.807, 2.05) is 31.2 Å². The van der Waals surface area contributed by atoms with E-state index in [0.717, 1.165) is 24.0 Å². The first-order valence-corrected chi connectivity index (χ1v) is 10.1. The molecule has 1 saturated heterocycles. The number of aryl methyl sites for hydroxylation is 1. The van der Waals surface area contributed by atoms with E-state index < -0.39 is 21.1 Å². The highest BCUT2D eigenvalue weighted by Crippen LogP contribution is 2.36. The molecule has 0 spiro atoms. The summed E-state index contributed by atoms with van der Waals surface area (Å²) in [6.45, 7) is 2.44. The molecule has 7 nitrogen and oxygen atoms in total. The summed E-state index contributed by atoms with van der Waals surface area (Å²) in [7, 11) is -3.74. The van der Waals surface area contributed by atoms with Crippen LogP contribution < -0.4 is 11.1 Å². The SMILES string of the molecule is Cc1ccc(C2CCCN2S(=O)(=O)c2ccc3[nH]c(=O)c(=O)[nH]c3c2)cc1. The summed E-state index contributed by atoms with van der Waals surface area (Å²) in [5.74, 6) is 0. The van der Waals surface area contributed by atoms with Gasteiger partial charge in [0.25, 0.3) is 0 Å². The molecule has 1 unspecified atom stereocenters. The Balaban J connectivity index is 1.76. The van der Waals surface area contributed by atoms with Gasteiger partial charge in [0.2, 0.25) is 10.0 Å². The molecule has 140 valence electrons. The van der Waals surface area contributed by atoms with E-state index in [1.165, 1.54) is 22.5 Å². The Hall–Kier alpha value is -2.71. The molecule has 8 heteroatoms. The van der Waals surface area contributed by atoms with E-state index in [-0.39, 0.29) is 16.5 Å². The third kappa shape index (κ3) is 3.11. The molecule has 2 aromatic carbocycles. The fourth-order valence-corrected chi connectivity index (χ4v) is 5.25. The third-order valence-electron chi connectivity index (χ3n) is 4.97. The zero-order valence-electron chi connectivity index (χ0n) is 14.7. The molecule has 0 saturated carbocycles. The van der Waals surface area contributed by atoms with E-state index in [1.54, 1.807) is 0 Å². The number of H-pyrrole nitrogens is 2. The van der Waals surface area contributed by atoms with Crippen LogP contribution in [0.1, 0.15) is 30.0 Å². The highest BCUT2D eigenvalue weighted by molar-refractivity contribution is 7.89. The molecule has 3 aromatic rings. The van der Waals surface area contributed by atoms with Gasteiger partial charge < -0.3 is 9.97 Å². The lowest BCUT2D eigenvalue weighted by Crippen LogP contribution is -2.31. The minimum Gasteiger partial charge on any atom is -0.316 e. The Morgan fingerprint density at radius 1 is 0.963 bits per heavy atom. The number of aromatic amines is 2. The fourth-order valence-electron chi connectivity index (χ4n) is 3.54. The Bertz CT molecular complexity index is 1230. The van der Waals surface area contributed by atoms with Crippen molar-refractivity contribution in [3.8, 4) is 0 Å². The minimum atomic E-state index is -3.74. The van der Waals surface area contributed by atoms with E-state index in [4.69, 9.17) is 0 Å². The predicted molar refractivity (Wildman–Crippen MR) is 102 cm³/mol. The molecule has 1 fully saturated rings. The van der Waals surface area contributed by atoms with Gasteiger partial charge in [0.1, 0.15) is 0 Å². The number of hydrogen-bond donors (Lipinski definition) is 2. The summed E-state index contributed by atoms with van der Waals surface area (Å²) in [5, 5.41) is 0. The molecule has 1 atom stereocenters. The van der Waals surface area contributed by atoms with Crippen LogP contribution in [0.25, 0.3) is 11.0 Å². The van der Waals surface area contributed by atoms with Crippen molar-refractivity contribution in [2.75, 3.05) is 6.54 Å². The van der Waals surface area contributed by atoms with Crippen molar-refractivity contribution in [3.05, 3.63) is 74.3 Å². The first-order valence-electron chi connectivity index (χ1n) is 8.71. The van der Waals surface area contributed by atoms with Gasteiger partial charge in [-0.2, -0.15) is 4.31 Å². The van der Waals surface area contributed by atoms with E-state index in [0.29, 0.717) is 12.1 Å². The molecule has 0 radical (unpaired) electrons. The van der Waals surface area contributed by atoms with Crippen molar-refractivity contribution in [3.63, 3.8) is 0 Å². The number of aromatic nitrogens is 2. The molecule has 27 heavy (non-hydrogen) atoms. The number of fused-ring (bicyclic) bond motifs is 1. The average molecular weight is 385 g/mol. The van der Waals surface area contributed by atoms with Crippen LogP contribution in [0, 0.1) is 6.92 Å². The predicted octanol–water partition coefficient (Wildman–Crippen LogP) is 2.05. The third-order valence-corrected chi connectivity index (χ3v) is 6.87. The molecular weight excluding hydrogens is 366 g/mol. The first kappa shape index (κ1) is 17.7. The minimum absolute atomic E-state index is 0.0942. The van der Waals surface area contributed by atoms with E-state index in [2.05, 4.69) is 9.97 Å². The molecule has 1 aliphatic heterocycles. The Labute approximate surface area is 155 Å². The smallest absolute Gasteiger partial charge is 0.314 e. The number of nitrogens with zero attached hydrogens (tertiary/aromatic N) is 1. The monoisotopic (exact) mass is 385 g/mol. The topological polar surface area (TPSA) is 103 Å². The summed E-state index contributed by atoms with van der Waals surface area (Å²) in [5.41, 5.74) is 1.19. The molecule has 4 rings (SSSR count). The zero-order chi connectivity index (χ0) is 19.2. The summed E-state index contributed by atoms with van der Waals surface area (Å²) < 4.78 is 28.0. The lowest BCUT2D eigenvalue weighted by Gasteiger charge is -2.24. The zero-order valence-corrected chi connectivity index (χ0v) is 15.5. The van der Waals surface area contributed by atoms with Crippen LogP contribution >= 0.6 is 0 Å². The van der Waals surface area contributed by atoms with Gasteiger partial charge in [-0.3, -0.25) is 9.59 Å². The van der Waals surface area contributed by atoms with Crippen molar-refractivity contribution >= 4 is 21.1 Å². The van der Waals surface area contributed by atoms with Gasteiger partial charge in [-0.15, -0.1) is 0 Å². The van der Waals surface area contributed by atoms with Crippen molar-refractivity contribution < 1.29 is 8.42 Å². The number of benzene rings is 2. The summed E-state index contributed by atoms with van der Waals surface area (Å²) in [6, 6.07) is 12.0. The molecule has 1 aliphatic rings. The van der Waals surface area contributed by atoms with Crippen molar-refractivity contribution in [1.29, 1.82) is 0 Å². The molecule has 0 amide bonds. The van der Waals surface area contributed by atoms with Gasteiger partial charge in [-0.05, 0) is 43.5 Å². The van der Waals surface area contributed by atoms with Crippen molar-refractivity contribution in [1.82, 2.24) is 14.3 Å². The second kappa shape index (κ2) is 6.47. The highest BCUT2D eigenvalue weighted by atomic mass is 32.2. The molecular formula is C19H19N3O4S. The van der Waals surface area contributed by atoms with Crippen LogP contribution in [0.15, 0.2) is 56.9 Å². The number of sulfonamides is 1. The molecule has 0 aliphatic carbocycles. The van der Waals surface area contributed by atoms with Crippen LogP contribution in [0.2, 0.25) is 0 Å². The lowest BCUT2D eigenvalue weighted by atomic mass is 10.0. The number of rotatable bonds is 3. The van der Waals surface area contributed by atoms with Crippen LogP contribution in [0.4, 0.5) is 0 Å². The maximum atomic E-state index is 13.2. The van der Waals surface area contributed by atoms with Crippen LogP contribution in [-0.4, -0.2) is 29.2 Å². The van der Waals surface area contributed by atoms with Gasteiger partial charge >= 0.3 is 11.1 Å². The van der Waals surface area contributed by atoms with Crippen molar-refractivity contribution in [2.24, 2.45) is 0 Å². The summed E-state index contributed by atoms with van der Waals surface area (Å²) in [6.07, 6.45) is 1.55. The second-order valence-corrected chi connectivity index (χ2v) is 8.69. The van der Waals surface area contributed by atoms with Crippen LogP contribution in [-0.2, 0) is 10.0 Å². The van der Waals surface area contributed by atoms with E-state index in [9.17, 15) is 18.0 Å². The molecule has 2 heterocycles. The van der Waals surface area contributed by atoms with Gasteiger partial charge in [0, 0.05) is 6.54 Å². The largest absolute Gasteiger partial charge is 0.316 e. The Kier molecular flexibility index (Phi) is 4.24.